The monoisotopic (exact) mass is 552 g/mol. The SMILES string of the molecule is CN=C(NCc1cccc(C(=O)N2CCCCC2)c1)N1CCOC(c2cnn(C)c2)C1.I. The summed E-state index contributed by atoms with van der Waals surface area (Å²) in [4.78, 5) is 21.5. The van der Waals surface area contributed by atoms with Crippen LogP contribution in [0.2, 0.25) is 0 Å². The van der Waals surface area contributed by atoms with Gasteiger partial charge in [0, 0.05) is 57.6 Å². The van der Waals surface area contributed by atoms with Crippen LogP contribution in [-0.4, -0.2) is 71.3 Å². The lowest BCUT2D eigenvalue weighted by atomic mass is 10.1. The van der Waals surface area contributed by atoms with Crippen molar-refractivity contribution in [1.29, 1.82) is 0 Å². The summed E-state index contributed by atoms with van der Waals surface area (Å²) >= 11 is 0. The molecule has 0 saturated carbocycles. The lowest BCUT2D eigenvalue weighted by molar-refractivity contribution is -0.00805. The van der Waals surface area contributed by atoms with Gasteiger partial charge in [0.25, 0.3) is 5.91 Å². The predicted octanol–water partition coefficient (Wildman–Crippen LogP) is 2.81. The Kier molecular flexibility index (Phi) is 8.92. The van der Waals surface area contributed by atoms with E-state index in [-0.39, 0.29) is 36.0 Å². The molecule has 1 aromatic carbocycles. The molecule has 0 spiro atoms. The Labute approximate surface area is 207 Å². The van der Waals surface area contributed by atoms with Crippen LogP contribution in [0.5, 0.6) is 0 Å². The Hall–Kier alpha value is -2.14. The highest BCUT2D eigenvalue weighted by Crippen LogP contribution is 2.21. The number of aliphatic imine (C=N–C) groups is 1. The number of aromatic nitrogens is 2. The summed E-state index contributed by atoms with van der Waals surface area (Å²) in [6.07, 6.45) is 7.25. The van der Waals surface area contributed by atoms with E-state index in [1.54, 1.807) is 11.7 Å². The lowest BCUT2D eigenvalue weighted by Gasteiger charge is -2.34. The van der Waals surface area contributed by atoms with Crippen molar-refractivity contribution < 1.29 is 9.53 Å². The van der Waals surface area contributed by atoms with Gasteiger partial charge in [-0.1, -0.05) is 12.1 Å². The van der Waals surface area contributed by atoms with Crippen LogP contribution in [0.4, 0.5) is 0 Å². The first-order chi connectivity index (χ1) is 15.1. The molecule has 1 N–H and O–H groups in total. The number of aryl methyl sites for hydroxylation is 1. The fraction of sp³-hybridized carbons (Fsp3) is 0.522. The number of guanidine groups is 1. The molecule has 2 saturated heterocycles. The molecule has 2 aliphatic rings. The second-order valence-corrected chi connectivity index (χ2v) is 8.21. The summed E-state index contributed by atoms with van der Waals surface area (Å²) < 4.78 is 7.74. The third-order valence-corrected chi connectivity index (χ3v) is 5.94. The molecule has 32 heavy (non-hydrogen) atoms. The third-order valence-electron chi connectivity index (χ3n) is 5.94. The molecule has 1 aromatic heterocycles. The van der Waals surface area contributed by atoms with Gasteiger partial charge in [-0.25, -0.2) is 0 Å². The van der Waals surface area contributed by atoms with Crippen LogP contribution in [-0.2, 0) is 18.3 Å². The molecule has 1 amide bonds. The first-order valence-electron chi connectivity index (χ1n) is 11.1. The number of ether oxygens (including phenoxy) is 1. The van der Waals surface area contributed by atoms with Crippen LogP contribution in [0.15, 0.2) is 41.7 Å². The summed E-state index contributed by atoms with van der Waals surface area (Å²) in [5.74, 6) is 0.975. The van der Waals surface area contributed by atoms with E-state index in [1.165, 1.54) is 6.42 Å². The molecule has 2 aliphatic heterocycles. The number of carbonyl (C=O) groups is 1. The summed E-state index contributed by atoms with van der Waals surface area (Å²) in [5, 5.41) is 7.71. The average Bonchev–Trinajstić information content (AvgIpc) is 3.26. The second kappa shape index (κ2) is 11.6. The van der Waals surface area contributed by atoms with E-state index in [0.29, 0.717) is 13.2 Å². The molecule has 174 valence electrons. The number of piperidine rings is 1. The van der Waals surface area contributed by atoms with Crippen molar-refractivity contribution in [3.8, 4) is 0 Å². The molecule has 1 atom stereocenters. The highest BCUT2D eigenvalue weighted by Gasteiger charge is 2.25. The fourth-order valence-electron chi connectivity index (χ4n) is 4.26. The zero-order chi connectivity index (χ0) is 21.6. The molecule has 0 radical (unpaired) electrons. The molecular weight excluding hydrogens is 519 g/mol. The van der Waals surface area contributed by atoms with Crippen molar-refractivity contribution in [3.05, 3.63) is 53.3 Å². The van der Waals surface area contributed by atoms with Gasteiger partial charge < -0.3 is 19.9 Å². The number of hydrogen-bond donors (Lipinski definition) is 1. The number of rotatable bonds is 4. The quantitative estimate of drug-likeness (QED) is 0.359. The molecule has 2 fully saturated rings. The minimum Gasteiger partial charge on any atom is -0.370 e. The smallest absolute Gasteiger partial charge is 0.253 e. The third kappa shape index (κ3) is 6.00. The Morgan fingerprint density at radius 2 is 2.03 bits per heavy atom. The van der Waals surface area contributed by atoms with E-state index in [9.17, 15) is 4.79 Å². The largest absolute Gasteiger partial charge is 0.370 e. The van der Waals surface area contributed by atoms with E-state index in [0.717, 1.165) is 61.7 Å². The Morgan fingerprint density at radius 1 is 1.22 bits per heavy atom. The summed E-state index contributed by atoms with van der Waals surface area (Å²) in [5.41, 5.74) is 2.91. The maximum atomic E-state index is 12.8. The van der Waals surface area contributed by atoms with E-state index < -0.39 is 0 Å². The van der Waals surface area contributed by atoms with Crippen LogP contribution in [0.3, 0.4) is 0 Å². The van der Waals surface area contributed by atoms with E-state index in [4.69, 9.17) is 4.74 Å². The predicted molar refractivity (Wildman–Crippen MR) is 135 cm³/mol. The summed E-state index contributed by atoms with van der Waals surface area (Å²) in [6, 6.07) is 7.92. The number of hydrogen-bond acceptors (Lipinski definition) is 4. The normalized spacial score (nSPS) is 19.4. The fourth-order valence-corrected chi connectivity index (χ4v) is 4.26. The maximum absolute atomic E-state index is 12.8. The highest BCUT2D eigenvalue weighted by atomic mass is 127. The molecule has 4 rings (SSSR count). The molecule has 9 heteroatoms. The first-order valence-corrected chi connectivity index (χ1v) is 11.1. The van der Waals surface area contributed by atoms with Crippen molar-refractivity contribution >= 4 is 35.8 Å². The Bertz CT molecular complexity index is 925. The van der Waals surface area contributed by atoms with Gasteiger partial charge in [0.1, 0.15) is 6.10 Å². The van der Waals surface area contributed by atoms with Gasteiger partial charge in [0.2, 0.25) is 0 Å². The topological polar surface area (TPSA) is 75.0 Å². The Balaban J connectivity index is 0.00000289. The standard InChI is InChI=1S/C23H32N6O2.HI/c1-24-23(29-11-12-31-21(17-29)20-15-26-27(2)16-20)25-14-18-7-6-8-19(13-18)22(30)28-9-4-3-5-10-28;/h6-8,13,15-16,21H,3-5,9-12,14,17H2,1-2H3,(H,24,25);1H. The number of nitrogens with zero attached hydrogens (tertiary/aromatic N) is 5. The van der Waals surface area contributed by atoms with Crippen LogP contribution in [0, 0.1) is 0 Å². The number of morpholine rings is 1. The van der Waals surface area contributed by atoms with E-state index >= 15 is 0 Å². The van der Waals surface area contributed by atoms with Crippen molar-refractivity contribution in [1.82, 2.24) is 24.9 Å². The average molecular weight is 552 g/mol. The minimum atomic E-state index is -0.0218. The van der Waals surface area contributed by atoms with Gasteiger partial charge in [-0.05, 0) is 37.0 Å². The molecule has 3 heterocycles. The van der Waals surface area contributed by atoms with Gasteiger partial charge in [-0.15, -0.1) is 24.0 Å². The van der Waals surface area contributed by atoms with Crippen molar-refractivity contribution in [2.24, 2.45) is 12.0 Å². The van der Waals surface area contributed by atoms with Gasteiger partial charge in [-0.3, -0.25) is 14.5 Å². The van der Waals surface area contributed by atoms with Gasteiger partial charge in [0.15, 0.2) is 5.96 Å². The number of benzene rings is 1. The first kappa shape index (κ1) is 24.5. The number of nitrogens with one attached hydrogen (secondary N) is 1. The number of amides is 1. The van der Waals surface area contributed by atoms with E-state index in [1.807, 2.05) is 48.6 Å². The van der Waals surface area contributed by atoms with E-state index in [2.05, 4.69) is 20.3 Å². The molecule has 8 nitrogen and oxygen atoms in total. The van der Waals surface area contributed by atoms with Crippen molar-refractivity contribution in [2.75, 3.05) is 39.8 Å². The molecular formula is C23H33IN6O2. The van der Waals surface area contributed by atoms with Crippen LogP contribution in [0.25, 0.3) is 0 Å². The zero-order valence-corrected chi connectivity index (χ0v) is 21.2. The van der Waals surface area contributed by atoms with Crippen LogP contribution in [0.1, 0.15) is 46.9 Å². The number of carbonyl (C=O) groups excluding carboxylic acids is 1. The molecule has 2 aromatic rings. The van der Waals surface area contributed by atoms with Crippen LogP contribution < -0.4 is 5.32 Å². The van der Waals surface area contributed by atoms with Crippen molar-refractivity contribution in [2.45, 2.75) is 31.9 Å². The Morgan fingerprint density at radius 3 is 2.75 bits per heavy atom. The number of halogens is 1. The summed E-state index contributed by atoms with van der Waals surface area (Å²) in [6.45, 7) is 4.48. The van der Waals surface area contributed by atoms with Gasteiger partial charge in [-0.2, -0.15) is 5.10 Å². The molecule has 1 unspecified atom stereocenters. The summed E-state index contributed by atoms with van der Waals surface area (Å²) in [7, 11) is 3.71. The maximum Gasteiger partial charge on any atom is 0.253 e. The zero-order valence-electron chi connectivity index (χ0n) is 18.9. The van der Waals surface area contributed by atoms with Crippen LogP contribution >= 0.6 is 24.0 Å². The number of likely N-dealkylation sites (tertiary alicyclic amines) is 1. The van der Waals surface area contributed by atoms with Crippen molar-refractivity contribution in [3.63, 3.8) is 0 Å². The van der Waals surface area contributed by atoms with Gasteiger partial charge in [0.05, 0.1) is 19.3 Å². The van der Waals surface area contributed by atoms with Gasteiger partial charge >= 0.3 is 0 Å². The highest BCUT2D eigenvalue weighted by molar-refractivity contribution is 14.0. The lowest BCUT2D eigenvalue weighted by Crippen LogP contribution is -2.47. The second-order valence-electron chi connectivity index (χ2n) is 8.21. The molecule has 0 aliphatic carbocycles. The minimum absolute atomic E-state index is 0. The molecule has 0 bridgehead atoms.